The average molecular weight is 396 g/mol. The number of nitrogens with one attached hydrogen (secondary N) is 2. The Balaban J connectivity index is 1.96. The molecule has 2 N–H and O–H groups in total. The Hall–Kier alpha value is -0.360. The van der Waals surface area contributed by atoms with Crippen LogP contribution in [0.25, 0.3) is 0 Å². The number of amides is 1. The van der Waals surface area contributed by atoms with Crippen LogP contribution in [0, 0.1) is 12.3 Å². The van der Waals surface area contributed by atoms with E-state index in [0.29, 0.717) is 6.42 Å². The first-order valence-electron chi connectivity index (χ1n) is 5.92. The molecule has 1 aliphatic rings. The molecule has 0 aromatic heterocycles. The summed E-state index contributed by atoms with van der Waals surface area (Å²) in [4.78, 5) is 12.0. The zero-order valence-corrected chi connectivity index (χ0v) is 14.8. The summed E-state index contributed by atoms with van der Waals surface area (Å²) in [7, 11) is 0. The molecule has 1 aromatic rings. The van der Waals surface area contributed by atoms with Crippen LogP contribution in [0.4, 0.5) is 5.69 Å². The van der Waals surface area contributed by atoms with E-state index in [0.717, 1.165) is 15.7 Å². The second-order valence-electron chi connectivity index (χ2n) is 5.09. The second-order valence-corrected chi connectivity index (χ2v) is 7.83. The molecule has 1 aliphatic carbocycles. The fourth-order valence-corrected chi connectivity index (χ4v) is 2.94. The van der Waals surface area contributed by atoms with Gasteiger partial charge in [-0.15, -0.1) is 23.2 Å². The van der Waals surface area contributed by atoms with Crippen molar-refractivity contribution in [2.75, 3.05) is 5.32 Å². The molecule has 3 nitrogen and oxygen atoms in total. The Morgan fingerprint density at radius 1 is 1.45 bits per heavy atom. The van der Waals surface area contributed by atoms with E-state index in [1.165, 1.54) is 0 Å². The number of alkyl halides is 2. The minimum absolute atomic E-state index is 0.231. The molecule has 2 rings (SSSR count). The lowest BCUT2D eigenvalue weighted by atomic mass is 10.1. The maximum Gasteiger partial charge on any atom is 0.235 e. The highest BCUT2D eigenvalue weighted by molar-refractivity contribution is 9.10. The van der Waals surface area contributed by atoms with E-state index in [9.17, 15) is 4.79 Å². The van der Waals surface area contributed by atoms with Crippen LogP contribution in [0.5, 0.6) is 0 Å². The molecule has 1 amide bonds. The summed E-state index contributed by atoms with van der Waals surface area (Å²) in [6.45, 7) is 3.69. The zero-order chi connectivity index (χ0) is 15.1. The smallest absolute Gasteiger partial charge is 0.235 e. The van der Waals surface area contributed by atoms with Crippen molar-refractivity contribution in [3.05, 3.63) is 28.2 Å². The number of carbonyl (C=O) groups excluding carboxylic acids is 1. The first-order valence-corrected chi connectivity index (χ1v) is 7.88. The quantitative estimate of drug-likeness (QED) is 0.583. The van der Waals surface area contributed by atoms with E-state index in [-0.39, 0.29) is 11.0 Å². The van der Waals surface area contributed by atoms with Crippen LogP contribution >= 0.6 is 51.3 Å². The molecule has 7 heteroatoms. The molecule has 108 valence electrons. The van der Waals surface area contributed by atoms with Crippen molar-refractivity contribution in [2.45, 2.75) is 24.6 Å². The van der Waals surface area contributed by atoms with E-state index in [1.54, 1.807) is 6.92 Å². The van der Waals surface area contributed by atoms with Gasteiger partial charge >= 0.3 is 0 Å². The van der Waals surface area contributed by atoms with Gasteiger partial charge in [-0.25, -0.2) is 0 Å². The lowest BCUT2D eigenvalue weighted by Crippen LogP contribution is -2.40. The predicted octanol–water partition coefficient (Wildman–Crippen LogP) is 4.15. The molecular formula is C13H13BrCl2N2OS. The Labute approximate surface area is 141 Å². The van der Waals surface area contributed by atoms with Gasteiger partial charge in [0.2, 0.25) is 5.91 Å². The number of hydrogen-bond donors (Lipinski definition) is 2. The Morgan fingerprint density at radius 3 is 2.55 bits per heavy atom. The van der Waals surface area contributed by atoms with E-state index in [4.69, 9.17) is 35.4 Å². The Kier molecular flexibility index (Phi) is 4.36. The molecule has 1 atom stereocenters. The van der Waals surface area contributed by atoms with Crippen LogP contribution in [0.3, 0.4) is 0 Å². The van der Waals surface area contributed by atoms with Crippen molar-refractivity contribution in [1.29, 1.82) is 0 Å². The summed E-state index contributed by atoms with van der Waals surface area (Å²) in [5, 5.41) is 5.81. The fraction of sp³-hybridized carbons (Fsp3) is 0.385. The van der Waals surface area contributed by atoms with Crippen LogP contribution in [0.2, 0.25) is 0 Å². The molecule has 1 saturated carbocycles. The number of hydrogen-bond acceptors (Lipinski definition) is 2. The van der Waals surface area contributed by atoms with Gasteiger partial charge in [0, 0.05) is 10.2 Å². The molecule has 20 heavy (non-hydrogen) atoms. The van der Waals surface area contributed by atoms with Gasteiger partial charge in [-0.1, -0.05) is 15.9 Å². The van der Waals surface area contributed by atoms with Crippen molar-refractivity contribution in [3.8, 4) is 0 Å². The van der Waals surface area contributed by atoms with Crippen molar-refractivity contribution < 1.29 is 4.79 Å². The second kappa shape index (κ2) is 5.44. The predicted molar refractivity (Wildman–Crippen MR) is 90.4 cm³/mol. The molecule has 0 spiro atoms. The van der Waals surface area contributed by atoms with Crippen LogP contribution < -0.4 is 10.6 Å². The largest absolute Gasteiger partial charge is 0.332 e. The number of rotatable bonds is 2. The van der Waals surface area contributed by atoms with Crippen molar-refractivity contribution in [2.24, 2.45) is 5.41 Å². The number of carbonyl (C=O) groups is 1. The first kappa shape index (κ1) is 16.0. The molecule has 0 aliphatic heterocycles. The Morgan fingerprint density at radius 2 is 2.05 bits per heavy atom. The molecule has 0 bridgehead atoms. The van der Waals surface area contributed by atoms with Crippen LogP contribution in [-0.4, -0.2) is 15.4 Å². The summed E-state index contributed by atoms with van der Waals surface area (Å²) < 4.78 is 0.0125. The lowest BCUT2D eigenvalue weighted by molar-refractivity contribution is -0.124. The maximum atomic E-state index is 12.0. The van der Waals surface area contributed by atoms with Crippen molar-refractivity contribution in [1.82, 2.24) is 5.32 Å². The summed E-state index contributed by atoms with van der Waals surface area (Å²) in [5.74, 6) is -0.270. The fourth-order valence-electron chi connectivity index (χ4n) is 1.77. The number of halogens is 3. The van der Waals surface area contributed by atoms with Gasteiger partial charge in [0.15, 0.2) is 5.11 Å². The highest BCUT2D eigenvalue weighted by Crippen LogP contribution is 2.63. The summed E-state index contributed by atoms with van der Waals surface area (Å²) in [6.07, 6.45) is 0.426. The highest BCUT2D eigenvalue weighted by Gasteiger charge is 2.68. The molecule has 1 fully saturated rings. The van der Waals surface area contributed by atoms with E-state index >= 15 is 0 Å². The van der Waals surface area contributed by atoms with Crippen LogP contribution in [0.1, 0.15) is 18.9 Å². The van der Waals surface area contributed by atoms with E-state index < -0.39 is 9.75 Å². The zero-order valence-electron chi connectivity index (χ0n) is 10.9. The van der Waals surface area contributed by atoms with Crippen LogP contribution in [-0.2, 0) is 4.79 Å². The van der Waals surface area contributed by atoms with Gasteiger partial charge in [-0.05, 0) is 56.2 Å². The topological polar surface area (TPSA) is 41.1 Å². The lowest BCUT2D eigenvalue weighted by Gasteiger charge is -2.14. The first-order chi connectivity index (χ1) is 9.15. The van der Waals surface area contributed by atoms with Crippen molar-refractivity contribution in [3.63, 3.8) is 0 Å². The van der Waals surface area contributed by atoms with E-state index in [1.807, 2.05) is 25.1 Å². The van der Waals surface area contributed by atoms with Gasteiger partial charge in [-0.3, -0.25) is 4.79 Å². The molecular weight excluding hydrogens is 383 g/mol. The third-order valence-electron chi connectivity index (χ3n) is 3.40. The van der Waals surface area contributed by atoms with Crippen molar-refractivity contribution >= 4 is 68.1 Å². The molecule has 0 saturated heterocycles. The Bertz CT molecular complexity index is 594. The van der Waals surface area contributed by atoms with Gasteiger partial charge in [0.1, 0.15) is 4.33 Å². The third kappa shape index (κ3) is 3.11. The van der Waals surface area contributed by atoms with E-state index in [2.05, 4.69) is 26.6 Å². The molecule has 0 heterocycles. The summed E-state index contributed by atoms with van der Waals surface area (Å²) in [5.41, 5.74) is 1.09. The minimum Gasteiger partial charge on any atom is -0.332 e. The van der Waals surface area contributed by atoms with Gasteiger partial charge in [-0.2, -0.15) is 0 Å². The SMILES string of the molecule is Cc1cc(NC(=S)NC(=O)C2(C)CC2(Cl)Cl)ccc1Br. The van der Waals surface area contributed by atoms with Crippen LogP contribution in [0.15, 0.2) is 22.7 Å². The number of thiocarbonyl (C=S) groups is 1. The van der Waals surface area contributed by atoms with Gasteiger partial charge in [0.25, 0.3) is 0 Å². The third-order valence-corrected chi connectivity index (χ3v) is 5.60. The monoisotopic (exact) mass is 394 g/mol. The summed E-state index contributed by atoms with van der Waals surface area (Å²) in [6, 6.07) is 5.70. The summed E-state index contributed by atoms with van der Waals surface area (Å²) >= 11 is 20.5. The van der Waals surface area contributed by atoms with Gasteiger partial charge in [0.05, 0.1) is 5.41 Å². The normalized spacial score (nSPS) is 23.1. The number of anilines is 1. The highest BCUT2D eigenvalue weighted by atomic mass is 79.9. The standard InChI is InChI=1S/C13H13BrCl2N2OS/c1-7-5-8(3-4-9(7)14)17-11(20)18-10(19)12(2)6-13(12,15)16/h3-5H,6H2,1-2H3,(H2,17,18,19,20). The molecule has 1 aromatic carbocycles. The number of aryl methyl sites for hydroxylation is 1. The number of benzene rings is 1. The minimum atomic E-state index is -0.999. The molecule has 1 unspecified atom stereocenters. The van der Waals surface area contributed by atoms with Gasteiger partial charge < -0.3 is 10.6 Å². The average Bonchev–Trinajstić information content (AvgIpc) is 2.85. The maximum absolute atomic E-state index is 12.0. The molecule has 0 radical (unpaired) electrons.